The van der Waals surface area contributed by atoms with Crippen molar-refractivity contribution in [3.63, 3.8) is 0 Å². The Morgan fingerprint density at radius 2 is 1.45 bits per heavy atom. The molecule has 2 unspecified atom stereocenters. The van der Waals surface area contributed by atoms with Crippen LogP contribution in [0.15, 0.2) is 17.1 Å². The van der Waals surface area contributed by atoms with Crippen LogP contribution in [0.5, 0.6) is 0 Å². The lowest BCUT2D eigenvalue weighted by atomic mass is 9.96. The van der Waals surface area contributed by atoms with Crippen LogP contribution in [0.1, 0.15) is 75.5 Å². The summed E-state index contributed by atoms with van der Waals surface area (Å²) in [6.45, 7) is 35.6. The van der Waals surface area contributed by atoms with Crippen LogP contribution < -0.4 is 11.2 Å². The minimum atomic E-state index is -2.40. The number of rotatable bonds is 9. The normalized spacial score (nSPS) is 25.4. The van der Waals surface area contributed by atoms with E-state index in [1.165, 1.54) is 4.57 Å². The van der Waals surface area contributed by atoms with E-state index in [0.717, 1.165) is 0 Å². The van der Waals surface area contributed by atoms with E-state index in [-0.39, 0.29) is 20.9 Å². The van der Waals surface area contributed by atoms with Crippen molar-refractivity contribution in [1.82, 2.24) is 9.55 Å². The van der Waals surface area contributed by atoms with Gasteiger partial charge in [0.05, 0.1) is 6.61 Å². The van der Waals surface area contributed by atoms with Crippen molar-refractivity contribution in [3.8, 4) is 0 Å². The molecule has 0 saturated carbocycles. The Labute approximate surface area is 245 Å². The Morgan fingerprint density at radius 1 is 0.950 bits per heavy atom. The molecule has 0 aliphatic carbocycles. The van der Waals surface area contributed by atoms with E-state index in [9.17, 15) is 10.0 Å². The molecule has 0 amide bonds. The van der Waals surface area contributed by atoms with Crippen molar-refractivity contribution < 1.29 is 23.2 Å². The molecule has 2 heterocycles. The summed E-state index contributed by atoms with van der Waals surface area (Å²) >= 11 is 0. The Bertz CT molecular complexity index is 1090. The highest BCUT2D eigenvalue weighted by Crippen LogP contribution is 2.51. The van der Waals surface area contributed by atoms with Gasteiger partial charge in [-0.15, -0.1) is 0 Å². The first-order valence-electron chi connectivity index (χ1n) is 14.4. The molecular formula is C28H57N3O6Si3. The number of anilines is 1. The minimum absolute atomic E-state index is 0.0235. The highest BCUT2D eigenvalue weighted by molar-refractivity contribution is 6.75. The Balaban J connectivity index is 2.75. The van der Waals surface area contributed by atoms with Gasteiger partial charge in [-0.05, 0) is 67.4 Å². The zero-order chi connectivity index (χ0) is 31.3. The fraction of sp³-hybridized carbons (Fsp3) is 0.857. The van der Waals surface area contributed by atoms with Crippen molar-refractivity contribution in [3.05, 3.63) is 22.7 Å². The SMILES string of the molecule is CC1(O[Si](C)(C)C(C)(C)C)C(O[Si](C)(C)C(C)(C)C)[C@@H](CO[Si](C)(C)C(C)(C)C)O[C@H]1n1ccc(NO)nc1=O. The van der Waals surface area contributed by atoms with Gasteiger partial charge in [-0.3, -0.25) is 15.3 Å². The number of hydrogen-bond donors (Lipinski definition) is 2. The van der Waals surface area contributed by atoms with Gasteiger partial charge in [-0.1, -0.05) is 62.3 Å². The molecule has 1 aliphatic heterocycles. The minimum Gasteiger partial charge on any atom is -0.414 e. The molecule has 12 heteroatoms. The molecular weight excluding hydrogens is 559 g/mol. The van der Waals surface area contributed by atoms with E-state index in [2.05, 4.69) is 107 Å². The van der Waals surface area contributed by atoms with E-state index < -0.39 is 54.7 Å². The van der Waals surface area contributed by atoms with Crippen LogP contribution in [-0.2, 0) is 18.0 Å². The largest absolute Gasteiger partial charge is 0.414 e. The standard InChI is InChI=1S/C28H57N3O6Si3/c1-25(2,3)38(11,12)34-19-20-22(36-39(13,14)26(4,5)6)28(10,37-40(15,16)27(7,8)9)23(35-20)31-18-17-21(30-33)29-24(31)32/h17-18,20,22-23,33H,19H2,1-16H3,(H,29,30,32)/t20-,22?,23-,28?/m1/s1. The molecule has 1 saturated heterocycles. The van der Waals surface area contributed by atoms with E-state index in [1.807, 2.05) is 12.4 Å². The summed E-state index contributed by atoms with van der Waals surface area (Å²) in [5.74, 6) is 0.0677. The third-order valence-corrected chi connectivity index (χ3v) is 23.3. The van der Waals surface area contributed by atoms with Gasteiger partial charge in [0.15, 0.2) is 37.0 Å². The van der Waals surface area contributed by atoms with Crippen LogP contribution in [-0.4, -0.2) is 64.1 Å². The number of hydrogen-bond acceptors (Lipinski definition) is 8. The summed E-state index contributed by atoms with van der Waals surface area (Å²) in [6.07, 6.45) is -0.172. The zero-order valence-electron chi connectivity index (χ0n) is 28.0. The topological polar surface area (TPSA) is 104 Å². The molecule has 0 aromatic carbocycles. The van der Waals surface area contributed by atoms with Crippen molar-refractivity contribution in [2.75, 3.05) is 12.1 Å². The van der Waals surface area contributed by atoms with Crippen LogP contribution in [0.2, 0.25) is 54.4 Å². The predicted octanol–water partition coefficient (Wildman–Crippen LogP) is 7.13. The smallest absolute Gasteiger partial charge is 0.351 e. The molecule has 9 nitrogen and oxygen atoms in total. The molecule has 40 heavy (non-hydrogen) atoms. The molecule has 1 fully saturated rings. The molecule has 0 radical (unpaired) electrons. The van der Waals surface area contributed by atoms with Crippen molar-refractivity contribution in [2.24, 2.45) is 0 Å². The second-order valence-corrected chi connectivity index (χ2v) is 30.3. The molecule has 2 N–H and O–H groups in total. The number of nitrogens with one attached hydrogen (secondary N) is 1. The van der Waals surface area contributed by atoms with Crippen LogP contribution >= 0.6 is 0 Å². The monoisotopic (exact) mass is 615 g/mol. The number of nitrogens with zero attached hydrogens (tertiary/aromatic N) is 2. The van der Waals surface area contributed by atoms with Crippen LogP contribution in [0, 0.1) is 0 Å². The maximum absolute atomic E-state index is 13.3. The average molecular weight is 616 g/mol. The highest BCUT2D eigenvalue weighted by atomic mass is 28.4. The second kappa shape index (κ2) is 11.3. The van der Waals surface area contributed by atoms with E-state index in [1.54, 1.807) is 12.3 Å². The predicted molar refractivity (Wildman–Crippen MR) is 170 cm³/mol. The third-order valence-electron chi connectivity index (χ3n) is 9.82. The molecule has 1 aromatic rings. The summed E-state index contributed by atoms with van der Waals surface area (Å²) < 4.78 is 29.4. The van der Waals surface area contributed by atoms with Gasteiger partial charge in [-0.2, -0.15) is 4.98 Å². The average Bonchev–Trinajstić information content (AvgIpc) is 3.00. The summed E-state index contributed by atoms with van der Waals surface area (Å²) in [5.41, 5.74) is 0.392. The first-order chi connectivity index (χ1) is 17.7. The van der Waals surface area contributed by atoms with Gasteiger partial charge in [0.2, 0.25) is 0 Å². The Kier molecular flexibility index (Phi) is 10.0. The van der Waals surface area contributed by atoms with E-state index in [4.69, 9.17) is 18.0 Å². The Morgan fingerprint density at radius 3 is 1.88 bits per heavy atom. The van der Waals surface area contributed by atoms with Gasteiger partial charge in [-0.25, -0.2) is 4.79 Å². The quantitative estimate of drug-likeness (QED) is 0.223. The fourth-order valence-electron chi connectivity index (χ4n) is 4.01. The van der Waals surface area contributed by atoms with Crippen LogP contribution in [0.3, 0.4) is 0 Å². The van der Waals surface area contributed by atoms with Gasteiger partial charge in [0, 0.05) is 6.20 Å². The lowest BCUT2D eigenvalue weighted by Gasteiger charge is -2.49. The van der Waals surface area contributed by atoms with Crippen molar-refractivity contribution in [2.45, 2.75) is 148 Å². The van der Waals surface area contributed by atoms with Gasteiger partial charge in [0.1, 0.15) is 17.8 Å². The summed E-state index contributed by atoms with van der Waals surface area (Å²) in [5, 5.41) is 9.20. The van der Waals surface area contributed by atoms with Crippen LogP contribution in [0.25, 0.3) is 0 Å². The molecule has 2 rings (SSSR count). The van der Waals surface area contributed by atoms with E-state index in [0.29, 0.717) is 6.61 Å². The Hall–Kier alpha value is -0.869. The molecule has 4 atom stereocenters. The maximum Gasteiger partial charge on any atom is 0.351 e. The molecule has 0 bridgehead atoms. The van der Waals surface area contributed by atoms with Crippen molar-refractivity contribution >= 4 is 30.8 Å². The summed E-state index contributed by atoms with van der Waals surface area (Å²) in [7, 11) is -6.84. The molecule has 0 spiro atoms. The lowest BCUT2D eigenvalue weighted by molar-refractivity contribution is -0.0885. The maximum atomic E-state index is 13.3. The van der Waals surface area contributed by atoms with E-state index >= 15 is 0 Å². The molecule has 1 aliphatic rings. The first-order valence-corrected chi connectivity index (χ1v) is 23.1. The van der Waals surface area contributed by atoms with Crippen molar-refractivity contribution in [1.29, 1.82) is 0 Å². The third kappa shape index (κ3) is 7.19. The fourth-order valence-corrected chi connectivity index (χ4v) is 8.02. The summed E-state index contributed by atoms with van der Waals surface area (Å²) in [4.78, 5) is 17.3. The number of ether oxygens (including phenoxy) is 1. The van der Waals surface area contributed by atoms with Gasteiger partial charge < -0.3 is 18.0 Å². The first kappa shape index (κ1) is 35.3. The second-order valence-electron chi connectivity index (χ2n) is 16.1. The molecule has 1 aromatic heterocycles. The van der Waals surface area contributed by atoms with Gasteiger partial charge >= 0.3 is 5.69 Å². The highest BCUT2D eigenvalue weighted by Gasteiger charge is 2.62. The number of aromatic nitrogens is 2. The molecule has 232 valence electrons. The lowest BCUT2D eigenvalue weighted by Crippen LogP contribution is -2.60. The van der Waals surface area contributed by atoms with Gasteiger partial charge in [0.25, 0.3) is 0 Å². The van der Waals surface area contributed by atoms with Crippen LogP contribution in [0.4, 0.5) is 5.82 Å². The zero-order valence-corrected chi connectivity index (χ0v) is 31.0. The summed E-state index contributed by atoms with van der Waals surface area (Å²) in [6, 6.07) is 1.54.